The van der Waals surface area contributed by atoms with Crippen LogP contribution in [0.5, 0.6) is 0 Å². The minimum absolute atomic E-state index is 0.130. The van der Waals surface area contributed by atoms with E-state index in [2.05, 4.69) is 5.32 Å². The lowest BCUT2D eigenvalue weighted by Crippen LogP contribution is -2.53. The lowest BCUT2D eigenvalue weighted by molar-refractivity contribution is 0.311. The summed E-state index contributed by atoms with van der Waals surface area (Å²) in [6.07, 6.45) is 0.588. The molecule has 1 atom stereocenters. The highest BCUT2D eigenvalue weighted by atomic mass is 32.2. The highest BCUT2D eigenvalue weighted by Crippen LogP contribution is 2.10. The largest absolute Gasteiger partial charge is 0.313 e. The second kappa shape index (κ2) is 4.73. The number of nitriles is 1. The van der Waals surface area contributed by atoms with Gasteiger partial charge in [0, 0.05) is 19.6 Å². The third-order valence-electron chi connectivity index (χ3n) is 2.16. The van der Waals surface area contributed by atoms with Crippen LogP contribution < -0.4 is 5.32 Å². The Balaban J connectivity index is 2.79. The molecule has 14 heavy (non-hydrogen) atoms. The van der Waals surface area contributed by atoms with Crippen LogP contribution in [0.4, 0.5) is 0 Å². The summed E-state index contributed by atoms with van der Waals surface area (Å²) < 4.78 is 24.7. The summed E-state index contributed by atoms with van der Waals surface area (Å²) in [5, 5.41) is 11.8. The molecule has 0 spiro atoms. The standard InChI is InChI=1S/C8H15N3O2S/c1-2-5-14(12,13)11-4-3-10-7-8(11)6-9/h8,10H,2-5,7H2,1H3. The number of nitrogens with zero attached hydrogens (tertiary/aromatic N) is 2. The molecule has 5 nitrogen and oxygen atoms in total. The van der Waals surface area contributed by atoms with Gasteiger partial charge in [0.25, 0.3) is 0 Å². The smallest absolute Gasteiger partial charge is 0.215 e. The summed E-state index contributed by atoms with van der Waals surface area (Å²) >= 11 is 0. The zero-order valence-corrected chi connectivity index (χ0v) is 9.05. The number of piperazine rings is 1. The van der Waals surface area contributed by atoms with Gasteiger partial charge < -0.3 is 5.32 Å². The van der Waals surface area contributed by atoms with E-state index in [1.807, 2.05) is 13.0 Å². The first-order chi connectivity index (χ1) is 6.61. The van der Waals surface area contributed by atoms with E-state index in [9.17, 15) is 8.42 Å². The minimum Gasteiger partial charge on any atom is -0.313 e. The molecule has 1 N–H and O–H groups in total. The van der Waals surface area contributed by atoms with Crippen molar-refractivity contribution in [3.63, 3.8) is 0 Å². The van der Waals surface area contributed by atoms with Gasteiger partial charge in [-0.15, -0.1) is 0 Å². The van der Waals surface area contributed by atoms with Crippen LogP contribution >= 0.6 is 0 Å². The molecule has 0 aliphatic carbocycles. The number of sulfonamides is 1. The summed E-state index contributed by atoms with van der Waals surface area (Å²) in [6.45, 7) is 3.28. The van der Waals surface area contributed by atoms with E-state index in [0.717, 1.165) is 0 Å². The first kappa shape index (κ1) is 11.4. The molecule has 6 heteroatoms. The molecular formula is C8H15N3O2S. The van der Waals surface area contributed by atoms with E-state index in [1.165, 1.54) is 4.31 Å². The third-order valence-corrected chi connectivity index (χ3v) is 4.24. The Hall–Kier alpha value is -0.640. The van der Waals surface area contributed by atoms with E-state index >= 15 is 0 Å². The Bertz CT molecular complexity index is 320. The monoisotopic (exact) mass is 217 g/mol. The molecule has 1 aliphatic rings. The van der Waals surface area contributed by atoms with Crippen LogP contribution in [-0.4, -0.2) is 44.2 Å². The van der Waals surface area contributed by atoms with E-state index in [4.69, 9.17) is 5.26 Å². The van der Waals surface area contributed by atoms with E-state index in [0.29, 0.717) is 26.1 Å². The van der Waals surface area contributed by atoms with Crippen molar-refractivity contribution in [3.8, 4) is 6.07 Å². The predicted octanol–water partition coefficient (Wildman–Crippen LogP) is -0.476. The Morgan fingerprint density at radius 1 is 1.64 bits per heavy atom. The van der Waals surface area contributed by atoms with Crippen molar-refractivity contribution >= 4 is 10.0 Å². The van der Waals surface area contributed by atoms with Crippen molar-refractivity contribution in [2.75, 3.05) is 25.4 Å². The summed E-state index contributed by atoms with van der Waals surface area (Å²) in [7, 11) is -3.22. The van der Waals surface area contributed by atoms with Gasteiger partial charge in [-0.05, 0) is 6.42 Å². The number of rotatable bonds is 3. The highest BCUT2D eigenvalue weighted by molar-refractivity contribution is 7.89. The molecule has 1 fully saturated rings. The molecule has 80 valence electrons. The Morgan fingerprint density at radius 2 is 2.36 bits per heavy atom. The van der Waals surface area contributed by atoms with E-state index in [1.54, 1.807) is 0 Å². The van der Waals surface area contributed by atoms with Gasteiger partial charge >= 0.3 is 0 Å². The van der Waals surface area contributed by atoms with Gasteiger partial charge in [-0.3, -0.25) is 0 Å². The molecule has 0 aromatic carbocycles. The molecule has 0 aromatic heterocycles. The molecule has 1 unspecified atom stereocenters. The Kier molecular flexibility index (Phi) is 3.86. The van der Waals surface area contributed by atoms with Crippen LogP contribution in [0.3, 0.4) is 0 Å². The van der Waals surface area contributed by atoms with Crippen LogP contribution in [0.1, 0.15) is 13.3 Å². The maximum atomic E-state index is 11.7. The van der Waals surface area contributed by atoms with Gasteiger partial charge in [0.05, 0.1) is 11.8 Å². The maximum absolute atomic E-state index is 11.7. The second-order valence-corrected chi connectivity index (χ2v) is 5.32. The van der Waals surface area contributed by atoms with Crippen molar-refractivity contribution in [1.29, 1.82) is 5.26 Å². The van der Waals surface area contributed by atoms with Gasteiger partial charge in [-0.25, -0.2) is 8.42 Å². The third kappa shape index (κ3) is 2.44. The van der Waals surface area contributed by atoms with Crippen molar-refractivity contribution in [3.05, 3.63) is 0 Å². The van der Waals surface area contributed by atoms with Gasteiger partial charge in [-0.1, -0.05) is 6.92 Å². The minimum atomic E-state index is -3.22. The van der Waals surface area contributed by atoms with Gasteiger partial charge in [0.15, 0.2) is 0 Å². The van der Waals surface area contributed by atoms with Crippen molar-refractivity contribution in [1.82, 2.24) is 9.62 Å². The summed E-state index contributed by atoms with van der Waals surface area (Å²) in [5.41, 5.74) is 0. The van der Waals surface area contributed by atoms with Crippen LogP contribution in [-0.2, 0) is 10.0 Å². The lowest BCUT2D eigenvalue weighted by Gasteiger charge is -2.30. The topological polar surface area (TPSA) is 73.2 Å². The quantitative estimate of drug-likeness (QED) is 0.693. The van der Waals surface area contributed by atoms with E-state index in [-0.39, 0.29) is 5.75 Å². The molecule has 1 heterocycles. The van der Waals surface area contributed by atoms with Crippen LogP contribution in [0, 0.1) is 11.3 Å². The number of nitrogens with one attached hydrogen (secondary N) is 1. The number of hydrogen-bond donors (Lipinski definition) is 1. The highest BCUT2D eigenvalue weighted by Gasteiger charge is 2.31. The van der Waals surface area contributed by atoms with Crippen molar-refractivity contribution in [2.45, 2.75) is 19.4 Å². The maximum Gasteiger partial charge on any atom is 0.215 e. The molecule has 1 aliphatic heterocycles. The van der Waals surface area contributed by atoms with Crippen molar-refractivity contribution in [2.24, 2.45) is 0 Å². The van der Waals surface area contributed by atoms with Crippen LogP contribution in [0.15, 0.2) is 0 Å². The second-order valence-electron chi connectivity index (χ2n) is 3.28. The zero-order chi connectivity index (χ0) is 10.6. The molecule has 0 bridgehead atoms. The molecule has 0 amide bonds. The molecule has 1 saturated heterocycles. The molecular weight excluding hydrogens is 202 g/mol. The van der Waals surface area contributed by atoms with Gasteiger partial charge in [0.1, 0.15) is 6.04 Å². The van der Waals surface area contributed by atoms with Gasteiger partial charge in [-0.2, -0.15) is 9.57 Å². The van der Waals surface area contributed by atoms with Crippen LogP contribution in [0.2, 0.25) is 0 Å². The molecule has 0 saturated carbocycles. The lowest BCUT2D eigenvalue weighted by atomic mass is 10.3. The molecule has 0 aromatic rings. The summed E-state index contributed by atoms with van der Waals surface area (Å²) in [6, 6.07) is 1.46. The predicted molar refractivity (Wildman–Crippen MR) is 53.1 cm³/mol. The first-order valence-electron chi connectivity index (χ1n) is 4.71. The van der Waals surface area contributed by atoms with E-state index < -0.39 is 16.1 Å². The zero-order valence-electron chi connectivity index (χ0n) is 8.23. The normalized spacial score (nSPS) is 24.4. The number of hydrogen-bond acceptors (Lipinski definition) is 4. The first-order valence-corrected chi connectivity index (χ1v) is 6.32. The Labute approximate surface area is 84.8 Å². The SMILES string of the molecule is CCCS(=O)(=O)N1CCNCC1C#N. The van der Waals surface area contributed by atoms with Crippen molar-refractivity contribution < 1.29 is 8.42 Å². The fraction of sp³-hybridized carbons (Fsp3) is 0.875. The van der Waals surface area contributed by atoms with Gasteiger partial charge in [0.2, 0.25) is 10.0 Å². The fourth-order valence-electron chi connectivity index (χ4n) is 1.50. The average Bonchev–Trinajstić information content (AvgIpc) is 2.18. The summed E-state index contributed by atoms with van der Waals surface area (Å²) in [5.74, 6) is 0.130. The average molecular weight is 217 g/mol. The molecule has 0 radical (unpaired) electrons. The van der Waals surface area contributed by atoms with Crippen LogP contribution in [0.25, 0.3) is 0 Å². The Morgan fingerprint density at radius 3 is 2.93 bits per heavy atom. The fourth-order valence-corrected chi connectivity index (χ4v) is 3.13. The summed E-state index contributed by atoms with van der Waals surface area (Å²) in [4.78, 5) is 0. The molecule has 1 rings (SSSR count).